The summed E-state index contributed by atoms with van der Waals surface area (Å²) in [5.74, 6) is 0.254. The summed E-state index contributed by atoms with van der Waals surface area (Å²) in [4.78, 5) is 13.3. The fraction of sp³-hybridized carbons (Fsp3) is 0.946. The van der Waals surface area contributed by atoms with Gasteiger partial charge in [0.2, 0.25) is 0 Å². The van der Waals surface area contributed by atoms with Gasteiger partial charge in [-0.25, -0.2) is 0 Å². The first-order valence-electron chi connectivity index (χ1n) is 27.6. The summed E-state index contributed by atoms with van der Waals surface area (Å²) in [7, 11) is 0. The average Bonchev–Trinajstić information content (AvgIpc) is 3.23. The van der Waals surface area contributed by atoms with Gasteiger partial charge in [-0.05, 0) is 44.9 Å². The van der Waals surface area contributed by atoms with E-state index in [-0.39, 0.29) is 11.9 Å². The Morgan fingerprint density at radius 3 is 0.810 bits per heavy atom. The Bertz CT molecular complexity index is 773. The lowest BCUT2D eigenvalue weighted by Gasteiger charge is -2.16. The molecule has 0 spiro atoms. The Morgan fingerprint density at radius 2 is 0.534 bits per heavy atom. The van der Waals surface area contributed by atoms with Crippen LogP contribution in [0.1, 0.15) is 329 Å². The summed E-state index contributed by atoms with van der Waals surface area (Å²) in [6, 6.07) is 0. The summed E-state index contributed by atoms with van der Waals surface area (Å²) < 4.78 is 5.94. The molecular formula is C56H110O2. The minimum Gasteiger partial charge on any atom is -0.465 e. The van der Waals surface area contributed by atoms with Crippen molar-refractivity contribution in [1.29, 1.82) is 0 Å². The number of ether oxygens (including phenoxy) is 1. The van der Waals surface area contributed by atoms with Crippen LogP contribution in [0.5, 0.6) is 0 Å². The maximum Gasteiger partial charge on any atom is 0.308 e. The van der Waals surface area contributed by atoms with E-state index in [0.29, 0.717) is 6.61 Å². The number of unbranched alkanes of at least 4 members (excludes halogenated alkanes) is 42. The van der Waals surface area contributed by atoms with Gasteiger partial charge in [-0.15, -0.1) is 0 Å². The predicted octanol–water partition coefficient (Wildman–Crippen LogP) is 20.5. The van der Waals surface area contributed by atoms with Crippen LogP contribution in [0.4, 0.5) is 0 Å². The Labute approximate surface area is 367 Å². The van der Waals surface area contributed by atoms with Gasteiger partial charge in [-0.3, -0.25) is 4.79 Å². The van der Waals surface area contributed by atoms with Gasteiger partial charge >= 0.3 is 5.97 Å². The third kappa shape index (κ3) is 47.9. The molecule has 0 saturated heterocycles. The highest BCUT2D eigenvalue weighted by atomic mass is 16.5. The van der Waals surface area contributed by atoms with Crippen molar-refractivity contribution >= 4 is 5.97 Å². The van der Waals surface area contributed by atoms with Crippen LogP contribution in [0.2, 0.25) is 0 Å². The summed E-state index contributed by atoms with van der Waals surface area (Å²) >= 11 is 0. The van der Waals surface area contributed by atoms with E-state index < -0.39 is 0 Å². The third-order valence-electron chi connectivity index (χ3n) is 13.0. The Kier molecular flexibility index (Phi) is 51.6. The number of carbonyl (C=O) groups is 1. The van der Waals surface area contributed by atoms with Crippen molar-refractivity contribution in [3.05, 3.63) is 12.2 Å². The average molecular weight is 815 g/mol. The van der Waals surface area contributed by atoms with Crippen LogP contribution in [0, 0.1) is 5.92 Å². The van der Waals surface area contributed by atoms with Crippen molar-refractivity contribution in [2.75, 3.05) is 6.61 Å². The van der Waals surface area contributed by atoms with Crippen molar-refractivity contribution in [3.8, 4) is 0 Å². The molecule has 0 amide bonds. The molecular weight excluding hydrogens is 705 g/mol. The number of rotatable bonds is 51. The van der Waals surface area contributed by atoms with Crippen molar-refractivity contribution in [2.24, 2.45) is 5.92 Å². The number of esters is 1. The minimum absolute atomic E-state index is 0.122. The Balaban J connectivity index is 4.09. The highest BCUT2D eigenvalue weighted by molar-refractivity contribution is 5.72. The number of hydrogen-bond donors (Lipinski definition) is 0. The zero-order valence-electron chi connectivity index (χ0n) is 40.7. The molecule has 0 bridgehead atoms. The summed E-state index contributed by atoms with van der Waals surface area (Å²) in [6.07, 6.45) is 70.0. The van der Waals surface area contributed by atoms with Crippen molar-refractivity contribution in [2.45, 2.75) is 329 Å². The van der Waals surface area contributed by atoms with Gasteiger partial charge in [-0.2, -0.15) is 0 Å². The van der Waals surface area contributed by atoms with E-state index in [1.54, 1.807) is 0 Å². The van der Waals surface area contributed by atoms with Crippen LogP contribution in [0.15, 0.2) is 12.2 Å². The molecule has 0 aliphatic heterocycles. The molecule has 0 aromatic carbocycles. The minimum atomic E-state index is 0.122. The fourth-order valence-corrected chi connectivity index (χ4v) is 8.90. The van der Waals surface area contributed by atoms with Gasteiger partial charge in [0.05, 0.1) is 12.5 Å². The maximum atomic E-state index is 13.3. The second-order valence-electron chi connectivity index (χ2n) is 19.0. The van der Waals surface area contributed by atoms with E-state index in [2.05, 4.69) is 32.9 Å². The lowest BCUT2D eigenvalue weighted by molar-refractivity contribution is -0.149. The van der Waals surface area contributed by atoms with Crippen molar-refractivity contribution in [3.63, 3.8) is 0 Å². The van der Waals surface area contributed by atoms with Gasteiger partial charge in [0, 0.05) is 0 Å². The third-order valence-corrected chi connectivity index (χ3v) is 13.0. The molecule has 0 fully saturated rings. The van der Waals surface area contributed by atoms with Gasteiger partial charge in [-0.1, -0.05) is 296 Å². The van der Waals surface area contributed by atoms with Crippen LogP contribution in [0.3, 0.4) is 0 Å². The van der Waals surface area contributed by atoms with E-state index in [9.17, 15) is 4.79 Å². The molecule has 58 heavy (non-hydrogen) atoms. The van der Waals surface area contributed by atoms with E-state index in [4.69, 9.17) is 4.74 Å². The predicted molar refractivity (Wildman–Crippen MR) is 262 cm³/mol. The van der Waals surface area contributed by atoms with Crippen LogP contribution in [-0.2, 0) is 9.53 Å². The first kappa shape index (κ1) is 57.2. The largest absolute Gasteiger partial charge is 0.465 e. The lowest BCUT2D eigenvalue weighted by Crippen LogP contribution is -2.18. The van der Waals surface area contributed by atoms with Gasteiger partial charge in [0.1, 0.15) is 0 Å². The maximum absolute atomic E-state index is 13.3. The number of carbonyl (C=O) groups excluding carboxylic acids is 1. The van der Waals surface area contributed by atoms with Gasteiger partial charge in [0.25, 0.3) is 0 Å². The molecule has 0 aliphatic rings. The first-order chi connectivity index (χ1) is 28.8. The molecule has 0 aliphatic carbocycles. The van der Waals surface area contributed by atoms with Gasteiger partial charge in [0.15, 0.2) is 0 Å². The zero-order valence-corrected chi connectivity index (χ0v) is 40.7. The fourth-order valence-electron chi connectivity index (χ4n) is 8.90. The van der Waals surface area contributed by atoms with Crippen LogP contribution in [-0.4, -0.2) is 12.6 Å². The van der Waals surface area contributed by atoms with Crippen molar-refractivity contribution in [1.82, 2.24) is 0 Å². The highest BCUT2D eigenvalue weighted by Crippen LogP contribution is 2.22. The molecule has 0 rings (SSSR count). The van der Waals surface area contributed by atoms with E-state index in [1.807, 2.05) is 0 Å². The molecule has 2 heteroatoms. The number of allylic oxidation sites excluding steroid dienone is 2. The second kappa shape index (κ2) is 52.3. The molecule has 0 radical (unpaired) electrons. The topological polar surface area (TPSA) is 26.3 Å². The quantitative estimate of drug-likeness (QED) is 0.0347. The van der Waals surface area contributed by atoms with Crippen molar-refractivity contribution < 1.29 is 9.53 Å². The lowest BCUT2D eigenvalue weighted by atomic mass is 9.94. The summed E-state index contributed by atoms with van der Waals surface area (Å²) in [5.41, 5.74) is 0. The van der Waals surface area contributed by atoms with E-state index in [1.165, 1.54) is 289 Å². The molecule has 1 unspecified atom stereocenters. The molecule has 346 valence electrons. The van der Waals surface area contributed by atoms with Crippen LogP contribution < -0.4 is 0 Å². The first-order valence-corrected chi connectivity index (χ1v) is 27.6. The smallest absolute Gasteiger partial charge is 0.308 e. The normalized spacial score (nSPS) is 12.3. The monoisotopic (exact) mass is 815 g/mol. The van der Waals surface area contributed by atoms with E-state index >= 15 is 0 Å². The molecule has 2 nitrogen and oxygen atoms in total. The SMILES string of the molecule is CCCCCCCC/C=C\CCCCCCCCCCC(CCCCCCCCCCCCCCCC)C(=O)OCCCCCCCCCCCCCCCCCC. The molecule has 0 saturated carbocycles. The standard InChI is InChI=1S/C56H110O2/c1-4-7-10-13-16-19-22-25-28-30-31-32-35-38-41-44-47-50-53-55(52-49-46-43-40-37-34-27-24-21-18-15-12-9-6-3)56(57)58-54-51-48-45-42-39-36-33-29-26-23-20-17-14-11-8-5-2/h25,28,55H,4-24,26-27,29-54H2,1-3H3/b28-25-. The van der Waals surface area contributed by atoms with Crippen LogP contribution >= 0.6 is 0 Å². The second-order valence-corrected chi connectivity index (χ2v) is 19.0. The van der Waals surface area contributed by atoms with Gasteiger partial charge < -0.3 is 4.74 Å². The molecule has 0 N–H and O–H groups in total. The number of hydrogen-bond acceptors (Lipinski definition) is 2. The summed E-state index contributed by atoms with van der Waals surface area (Å²) in [5, 5.41) is 0. The molecule has 0 aromatic rings. The summed E-state index contributed by atoms with van der Waals surface area (Å²) in [6.45, 7) is 7.54. The van der Waals surface area contributed by atoms with E-state index in [0.717, 1.165) is 19.3 Å². The molecule has 0 heterocycles. The Morgan fingerprint density at radius 1 is 0.310 bits per heavy atom. The van der Waals surface area contributed by atoms with Crippen LogP contribution in [0.25, 0.3) is 0 Å². The highest BCUT2D eigenvalue weighted by Gasteiger charge is 2.19. The Hall–Kier alpha value is -0.790. The molecule has 0 aromatic heterocycles. The molecule has 1 atom stereocenters. The zero-order chi connectivity index (χ0) is 41.9.